The summed E-state index contributed by atoms with van der Waals surface area (Å²) in [6.07, 6.45) is -85.0. The summed E-state index contributed by atoms with van der Waals surface area (Å²) in [5.41, 5.74) is 0. The monoisotopic (exact) mass is 1810 g/mol. The van der Waals surface area contributed by atoms with E-state index in [9.17, 15) is 161 Å². The van der Waals surface area contributed by atoms with E-state index in [-0.39, 0.29) is 0 Å². The number of carbonyl (C=O) groups excluding carboxylic acids is 6. The van der Waals surface area contributed by atoms with E-state index in [1.165, 1.54) is 0 Å². The molecule has 0 aliphatic carbocycles. The first-order valence-corrected chi connectivity index (χ1v) is 39.2. The van der Waals surface area contributed by atoms with Crippen LogP contribution in [0.4, 0.5) is 0 Å². The molecule has 9 heterocycles. The van der Waals surface area contributed by atoms with Crippen LogP contribution in [0.2, 0.25) is 0 Å². The van der Waals surface area contributed by atoms with Gasteiger partial charge in [-0.1, -0.05) is 0 Å². The van der Waals surface area contributed by atoms with Gasteiger partial charge in [0.2, 0.25) is 35.4 Å². The lowest BCUT2D eigenvalue weighted by molar-refractivity contribution is -0.398. The first kappa shape index (κ1) is 102. The number of hydrogen-bond acceptors (Lipinski definition) is 48. The molecule has 9 saturated heterocycles. The largest absolute Gasteiger partial charge is 0.477 e. The Hall–Kier alpha value is -5.35. The number of aliphatic hydroxyl groups excluding tert-OH is 24. The van der Waals surface area contributed by atoms with Gasteiger partial charge in [0.25, 0.3) is 5.79 Å². The predicted molar refractivity (Wildman–Crippen MR) is 384 cm³/mol. The maximum Gasteiger partial charge on any atom is 0.364 e. The summed E-state index contributed by atoms with van der Waals surface area (Å²) < 4.78 is 101. The number of aliphatic hydroxyl groups is 24. The molecule has 55 nitrogen and oxygen atoms in total. The molecule has 714 valence electrons. The number of hydrogen-bond donors (Lipinski definition) is 31. The highest BCUT2D eigenvalue weighted by Crippen LogP contribution is 2.41. The fraction of sp³-hybridized carbons (Fsp3) is 0.899. The summed E-state index contributed by atoms with van der Waals surface area (Å²) in [5.74, 6) is -10.6. The molecule has 31 N–H and O–H groups in total. The van der Waals surface area contributed by atoms with Crippen molar-refractivity contribution in [3.8, 4) is 0 Å². The van der Waals surface area contributed by atoms with Crippen molar-refractivity contribution in [2.24, 2.45) is 0 Å². The van der Waals surface area contributed by atoms with Crippen LogP contribution in [0.25, 0.3) is 0 Å². The van der Waals surface area contributed by atoms with Gasteiger partial charge in [0.15, 0.2) is 50.3 Å². The third-order valence-corrected chi connectivity index (χ3v) is 22.1. The fourth-order valence-corrected chi connectivity index (χ4v) is 15.9. The van der Waals surface area contributed by atoms with E-state index in [4.69, 9.17) is 80.5 Å². The highest BCUT2D eigenvalue weighted by molar-refractivity contribution is 5.77. The average molecular weight is 1810 g/mol. The summed E-state index contributed by atoms with van der Waals surface area (Å²) in [4.78, 5) is 89.1. The number of carbonyl (C=O) groups is 7. The minimum Gasteiger partial charge on any atom is -0.477 e. The van der Waals surface area contributed by atoms with Crippen LogP contribution >= 0.6 is 0 Å². The third kappa shape index (κ3) is 23.1. The molecule has 0 aromatic carbocycles. The Morgan fingerprint density at radius 3 is 1.06 bits per heavy atom. The minimum atomic E-state index is -3.11. The number of aliphatic carboxylic acids is 1. The Kier molecular flexibility index (Phi) is 36.8. The molecular weight excluding hydrogens is 1700 g/mol. The first-order valence-electron chi connectivity index (χ1n) is 39.2. The van der Waals surface area contributed by atoms with E-state index in [0.29, 0.717) is 0 Å². The topological polar surface area (TPSA) is 854 Å². The SMILES string of the molecule is CC(=O)N[C@@H]1[C@@H](O)[C@H](O[C@@H]2O[C@H](CO)[C@@H](O[C@@H]3O[C@H](CO[C@H]4O[C@H](CO)[C@@H](O)[C@H](O)[C@@H]4O[C@@H]4O[C@H](CO)[C@@H](O)[C@H](O)[C@H]4NC(C)=O)[C@@H](O)[C@H](O[C@H]4O[C@H](CO)[C@@H](O)[C@H](O)[C@@H]4O[C@@H]4O[C@H](CO)[C@@H](O[C@@H]5O[C@H](CO[C@]6(C(=O)O)C[C@H](O)[C@@H](NC(C)=O)[C@H]([C@H](O)[C@H](O)CO)O6)[C@H](O)[C@H](O)[C@H]5NC(C)=O)[C@H](O)[C@H]4NC(C)=O)[C@@H]3O)[C@H](O)[C@H]2NC(C)=O)[C@@H](CO)O[C@H]1O. The Morgan fingerprint density at radius 2 is 0.645 bits per heavy atom. The van der Waals surface area contributed by atoms with Crippen molar-refractivity contribution in [1.29, 1.82) is 0 Å². The van der Waals surface area contributed by atoms with Crippen LogP contribution in [-0.4, -0.2) is 510 Å². The maximum atomic E-state index is 13.3. The number of rotatable bonds is 34. The van der Waals surface area contributed by atoms with Gasteiger partial charge in [0.1, 0.15) is 213 Å². The van der Waals surface area contributed by atoms with E-state index in [1.54, 1.807) is 0 Å². The van der Waals surface area contributed by atoms with Crippen LogP contribution in [0.5, 0.6) is 0 Å². The summed E-state index contributed by atoms with van der Waals surface area (Å²) in [5, 5.41) is 294. The molecule has 6 amide bonds. The van der Waals surface area contributed by atoms with Crippen molar-refractivity contribution >= 4 is 41.4 Å². The summed E-state index contributed by atoms with van der Waals surface area (Å²) >= 11 is 0. The van der Waals surface area contributed by atoms with Gasteiger partial charge in [0, 0.05) is 48.0 Å². The van der Waals surface area contributed by atoms with Gasteiger partial charge >= 0.3 is 5.97 Å². The van der Waals surface area contributed by atoms with Crippen LogP contribution in [0.1, 0.15) is 48.0 Å². The molecule has 0 bridgehead atoms. The number of carboxylic acid groups (broad SMARTS) is 1. The maximum absolute atomic E-state index is 13.3. The lowest BCUT2D eigenvalue weighted by Gasteiger charge is -2.51. The predicted octanol–water partition coefficient (Wildman–Crippen LogP) is -20.6. The second-order valence-electron chi connectivity index (χ2n) is 31.1. The molecule has 9 rings (SSSR count). The molecular formula is C69H114N6O49. The smallest absolute Gasteiger partial charge is 0.364 e. The van der Waals surface area contributed by atoms with E-state index in [0.717, 1.165) is 41.5 Å². The van der Waals surface area contributed by atoms with Crippen LogP contribution < -0.4 is 31.9 Å². The Labute approximate surface area is 702 Å². The Morgan fingerprint density at radius 1 is 0.331 bits per heavy atom. The van der Waals surface area contributed by atoms with Gasteiger partial charge in [-0.2, -0.15) is 0 Å². The molecule has 0 aromatic heterocycles. The van der Waals surface area contributed by atoms with E-state index in [2.05, 4.69) is 31.9 Å². The zero-order valence-corrected chi connectivity index (χ0v) is 67.0. The van der Waals surface area contributed by atoms with Crippen LogP contribution in [0.3, 0.4) is 0 Å². The second kappa shape index (κ2) is 44.5. The second-order valence-corrected chi connectivity index (χ2v) is 31.1. The third-order valence-electron chi connectivity index (χ3n) is 22.1. The van der Waals surface area contributed by atoms with E-state index in [1.807, 2.05) is 0 Å². The highest BCUT2D eigenvalue weighted by Gasteiger charge is 2.63. The van der Waals surface area contributed by atoms with Gasteiger partial charge in [-0.05, 0) is 0 Å². The molecule has 9 fully saturated rings. The summed E-state index contributed by atoms with van der Waals surface area (Å²) in [6.45, 7) is -4.76. The number of amides is 6. The van der Waals surface area contributed by atoms with Gasteiger partial charge in [-0.3, -0.25) is 28.8 Å². The van der Waals surface area contributed by atoms with Gasteiger partial charge in [-0.15, -0.1) is 0 Å². The summed E-state index contributed by atoms with van der Waals surface area (Å²) in [6, 6.07) is -11.1. The zero-order chi connectivity index (χ0) is 91.9. The van der Waals surface area contributed by atoms with Crippen molar-refractivity contribution in [2.45, 2.75) is 330 Å². The highest BCUT2D eigenvalue weighted by atomic mass is 16.8. The van der Waals surface area contributed by atoms with Crippen molar-refractivity contribution in [3.63, 3.8) is 0 Å². The lowest BCUT2D eigenvalue weighted by atomic mass is 9.88. The molecule has 55 heteroatoms. The molecule has 46 atom stereocenters. The van der Waals surface area contributed by atoms with Crippen molar-refractivity contribution in [3.05, 3.63) is 0 Å². The molecule has 9 aliphatic heterocycles. The molecule has 0 saturated carbocycles. The lowest BCUT2D eigenvalue weighted by Crippen LogP contribution is -2.71. The average Bonchev–Trinajstić information content (AvgIpc) is 0.765. The Bertz CT molecular complexity index is 3470. The van der Waals surface area contributed by atoms with E-state index >= 15 is 0 Å². The molecule has 0 unspecified atom stereocenters. The van der Waals surface area contributed by atoms with Crippen LogP contribution in [0, 0.1) is 0 Å². The van der Waals surface area contributed by atoms with E-state index < -0.39 is 389 Å². The van der Waals surface area contributed by atoms with Crippen molar-refractivity contribution in [2.75, 3.05) is 59.5 Å². The fourth-order valence-electron chi connectivity index (χ4n) is 15.9. The number of nitrogens with one attached hydrogen (secondary N) is 6. The minimum absolute atomic E-state index is 0.800. The normalized spacial score (nSPS) is 45.7. The summed E-state index contributed by atoms with van der Waals surface area (Å²) in [7, 11) is 0. The van der Waals surface area contributed by atoms with Gasteiger partial charge in [-0.25, -0.2) is 4.79 Å². The van der Waals surface area contributed by atoms with Gasteiger partial charge in [0.05, 0.1) is 71.6 Å². The first-order chi connectivity index (χ1) is 58.4. The zero-order valence-electron chi connectivity index (χ0n) is 67.0. The molecule has 124 heavy (non-hydrogen) atoms. The molecule has 0 aromatic rings. The number of ether oxygens (including phenoxy) is 17. The quantitative estimate of drug-likeness (QED) is 0.0284. The van der Waals surface area contributed by atoms with Crippen molar-refractivity contribution < 1.29 is 242 Å². The molecule has 0 spiro atoms. The standard InChI is InChI=1S/C69H114N6O49/c1-17(83)70-33-23(89)7-69(68(106)107,124-56(33)39(91)24(90)8-76)109-16-32-43(95)46(98)36(73-20(4)86)62(116-32)119-54-29(13-81)115-64(38(48(54)100)75-22(6)88)123-59-51(103)42(94)27(11-79)113-67(59)121-57-44(96)31(15-108-66-58(50(102)41(93)26(10-78)112-66)122-61-35(72-19(3)85)45(97)40(92)25(9-77)111-61)117-65(52(57)104)120-55-30(14-82)114-63(37(49(55)101)74-21(5)87)118-53-28(12-80)110-60(105)34(47(53)99)71-18(2)84/h23-67,76-82,89-105H,7-16H2,1-6H3,(H,70,83)(H,71,84)(H,72,85)(H,73,86)(H,74,87)(H,75,88)(H,106,107)/t23-,24+,25+,26+,27+,28+,29+,30+,31+,32+,33+,34+,35+,36+,37+,38+,39+,40+,41+,42+,43-,44+,45+,46+,47+,48+,49+,50-,51-,52-,53+,54+,55+,56+,57-,58-,59-,60+,61-,62-,63-,64-,65-,66-,67+,69+/m0/s1. The van der Waals surface area contributed by atoms with Crippen molar-refractivity contribution in [1.82, 2.24) is 31.9 Å². The molecule has 9 aliphatic rings. The Balaban J connectivity index is 1.04. The van der Waals surface area contributed by atoms with Crippen LogP contribution in [-0.2, 0) is 114 Å². The molecule has 0 radical (unpaired) electrons. The van der Waals surface area contributed by atoms with Gasteiger partial charge < -0.3 is 240 Å². The number of carboxylic acids is 1. The van der Waals surface area contributed by atoms with Crippen LogP contribution in [0.15, 0.2) is 0 Å².